The number of hydrogen-bond donors (Lipinski definition) is 1. The van der Waals surface area contributed by atoms with E-state index in [1.54, 1.807) is 6.07 Å². The average molecular weight is 272 g/mol. The summed E-state index contributed by atoms with van der Waals surface area (Å²) in [4.78, 5) is 2.02. The quantitative estimate of drug-likeness (QED) is 0.894. The fourth-order valence-electron chi connectivity index (χ4n) is 2.47. The summed E-state index contributed by atoms with van der Waals surface area (Å²) in [5, 5.41) is 0. The first kappa shape index (κ1) is 14.2. The van der Waals surface area contributed by atoms with Crippen LogP contribution in [0.5, 0.6) is 0 Å². The maximum Gasteiger partial charge on any atom is 0.416 e. The van der Waals surface area contributed by atoms with Crippen LogP contribution in [0, 0.1) is 5.92 Å². The lowest BCUT2D eigenvalue weighted by atomic mass is 9.98. The molecule has 0 radical (unpaired) electrons. The van der Waals surface area contributed by atoms with Crippen LogP contribution < -0.4 is 10.6 Å². The topological polar surface area (TPSA) is 29.3 Å². The Hall–Kier alpha value is -1.23. The van der Waals surface area contributed by atoms with E-state index in [9.17, 15) is 13.2 Å². The molecule has 1 aliphatic rings. The first-order valence-electron chi connectivity index (χ1n) is 6.57. The summed E-state index contributed by atoms with van der Waals surface area (Å²) < 4.78 is 38.9. The van der Waals surface area contributed by atoms with Crippen molar-refractivity contribution in [1.29, 1.82) is 0 Å². The Morgan fingerprint density at radius 3 is 2.42 bits per heavy atom. The number of rotatable bonds is 2. The number of halogens is 3. The molecule has 1 aromatic carbocycles. The van der Waals surface area contributed by atoms with Crippen molar-refractivity contribution < 1.29 is 13.2 Å². The molecule has 1 aromatic rings. The summed E-state index contributed by atoms with van der Waals surface area (Å²) in [6.07, 6.45) is -2.28. The number of piperidine rings is 1. The molecule has 0 bridgehead atoms. The highest BCUT2D eigenvalue weighted by molar-refractivity contribution is 5.52. The predicted molar refractivity (Wildman–Crippen MR) is 69.9 cm³/mol. The molecular formula is C14H19F3N2. The van der Waals surface area contributed by atoms with Crippen molar-refractivity contribution in [2.75, 3.05) is 18.0 Å². The maximum absolute atomic E-state index is 13.0. The van der Waals surface area contributed by atoms with Crippen LogP contribution in [-0.2, 0) is 12.7 Å². The van der Waals surface area contributed by atoms with Crippen molar-refractivity contribution >= 4 is 5.69 Å². The molecule has 0 atom stereocenters. The van der Waals surface area contributed by atoms with E-state index in [0.29, 0.717) is 11.6 Å². The molecule has 1 aliphatic heterocycles. The molecule has 19 heavy (non-hydrogen) atoms. The molecule has 0 saturated carbocycles. The van der Waals surface area contributed by atoms with E-state index in [1.807, 2.05) is 4.90 Å². The summed E-state index contributed by atoms with van der Waals surface area (Å²) >= 11 is 0. The van der Waals surface area contributed by atoms with Gasteiger partial charge < -0.3 is 10.6 Å². The van der Waals surface area contributed by atoms with Crippen LogP contribution in [0.2, 0.25) is 0 Å². The van der Waals surface area contributed by atoms with Crippen molar-refractivity contribution in [2.24, 2.45) is 11.7 Å². The summed E-state index contributed by atoms with van der Waals surface area (Å²) in [5.74, 6) is 0.654. The Morgan fingerprint density at radius 2 is 1.89 bits per heavy atom. The minimum atomic E-state index is -4.34. The van der Waals surface area contributed by atoms with E-state index in [-0.39, 0.29) is 12.1 Å². The lowest BCUT2D eigenvalue weighted by molar-refractivity contribution is -0.138. The van der Waals surface area contributed by atoms with Crippen molar-refractivity contribution in [1.82, 2.24) is 0 Å². The van der Waals surface area contributed by atoms with E-state index in [0.717, 1.165) is 25.9 Å². The highest BCUT2D eigenvalue weighted by Gasteiger charge is 2.33. The van der Waals surface area contributed by atoms with Gasteiger partial charge in [0.2, 0.25) is 0 Å². The Balaban J connectivity index is 2.28. The fraction of sp³-hybridized carbons (Fsp3) is 0.571. The van der Waals surface area contributed by atoms with Crippen LogP contribution in [0.15, 0.2) is 18.2 Å². The Bertz CT molecular complexity index is 435. The second-order valence-corrected chi connectivity index (χ2v) is 5.21. The molecule has 0 aliphatic carbocycles. The van der Waals surface area contributed by atoms with E-state index in [2.05, 4.69) is 6.92 Å². The van der Waals surface area contributed by atoms with Gasteiger partial charge in [-0.3, -0.25) is 0 Å². The van der Waals surface area contributed by atoms with Gasteiger partial charge in [0, 0.05) is 25.3 Å². The molecule has 106 valence electrons. The van der Waals surface area contributed by atoms with Gasteiger partial charge in [-0.15, -0.1) is 0 Å². The van der Waals surface area contributed by atoms with E-state index in [4.69, 9.17) is 5.73 Å². The van der Waals surface area contributed by atoms with Gasteiger partial charge in [0.05, 0.1) is 5.56 Å². The van der Waals surface area contributed by atoms with Gasteiger partial charge in [-0.2, -0.15) is 13.2 Å². The van der Waals surface area contributed by atoms with Crippen LogP contribution >= 0.6 is 0 Å². The third-order valence-electron chi connectivity index (χ3n) is 3.77. The molecule has 2 N–H and O–H groups in total. The molecule has 0 aromatic heterocycles. The zero-order valence-corrected chi connectivity index (χ0v) is 11.0. The minimum absolute atomic E-state index is 0.0911. The van der Waals surface area contributed by atoms with Crippen LogP contribution in [0.3, 0.4) is 0 Å². The highest BCUT2D eigenvalue weighted by atomic mass is 19.4. The standard InChI is InChI=1S/C14H19F3N2/c1-10-4-6-19(7-5-10)12-3-2-11(9-18)13(8-12)14(15,16)17/h2-3,8,10H,4-7,9,18H2,1H3. The zero-order chi connectivity index (χ0) is 14.0. The lowest BCUT2D eigenvalue weighted by Crippen LogP contribution is -2.33. The Labute approximate surface area is 111 Å². The van der Waals surface area contributed by atoms with Crippen LogP contribution in [0.25, 0.3) is 0 Å². The monoisotopic (exact) mass is 272 g/mol. The van der Waals surface area contributed by atoms with Gasteiger partial charge in [-0.05, 0) is 36.5 Å². The highest BCUT2D eigenvalue weighted by Crippen LogP contribution is 2.35. The number of nitrogens with zero attached hydrogens (tertiary/aromatic N) is 1. The van der Waals surface area contributed by atoms with Crippen molar-refractivity contribution in [2.45, 2.75) is 32.5 Å². The molecular weight excluding hydrogens is 253 g/mol. The van der Waals surface area contributed by atoms with Gasteiger partial charge in [0.1, 0.15) is 0 Å². The summed E-state index contributed by atoms with van der Waals surface area (Å²) in [6.45, 7) is 3.73. The smallest absolute Gasteiger partial charge is 0.372 e. The Morgan fingerprint density at radius 1 is 1.26 bits per heavy atom. The molecule has 1 heterocycles. The van der Waals surface area contributed by atoms with E-state index < -0.39 is 11.7 Å². The van der Waals surface area contributed by atoms with Crippen molar-refractivity contribution in [3.8, 4) is 0 Å². The molecule has 1 saturated heterocycles. The number of alkyl halides is 3. The molecule has 0 unspecified atom stereocenters. The number of nitrogens with two attached hydrogens (primary N) is 1. The summed E-state index contributed by atoms with van der Waals surface area (Å²) in [6, 6.07) is 4.47. The summed E-state index contributed by atoms with van der Waals surface area (Å²) in [5.41, 5.74) is 5.58. The molecule has 0 spiro atoms. The predicted octanol–water partition coefficient (Wildman–Crippen LogP) is 3.40. The van der Waals surface area contributed by atoms with Gasteiger partial charge in [-0.1, -0.05) is 13.0 Å². The first-order chi connectivity index (χ1) is 8.91. The average Bonchev–Trinajstić information content (AvgIpc) is 2.38. The van der Waals surface area contributed by atoms with Crippen LogP contribution in [0.4, 0.5) is 18.9 Å². The lowest BCUT2D eigenvalue weighted by Gasteiger charge is -2.32. The van der Waals surface area contributed by atoms with Gasteiger partial charge in [-0.25, -0.2) is 0 Å². The second-order valence-electron chi connectivity index (χ2n) is 5.21. The van der Waals surface area contributed by atoms with Crippen LogP contribution in [-0.4, -0.2) is 13.1 Å². The largest absolute Gasteiger partial charge is 0.416 e. The number of anilines is 1. The minimum Gasteiger partial charge on any atom is -0.372 e. The number of hydrogen-bond acceptors (Lipinski definition) is 2. The van der Waals surface area contributed by atoms with Gasteiger partial charge >= 0.3 is 6.18 Å². The third kappa shape index (κ3) is 3.21. The third-order valence-corrected chi connectivity index (χ3v) is 3.77. The molecule has 2 rings (SSSR count). The fourth-order valence-corrected chi connectivity index (χ4v) is 2.47. The maximum atomic E-state index is 13.0. The Kier molecular flexibility index (Phi) is 4.04. The molecule has 2 nitrogen and oxygen atoms in total. The second kappa shape index (κ2) is 5.41. The van der Waals surface area contributed by atoms with Gasteiger partial charge in [0.25, 0.3) is 0 Å². The van der Waals surface area contributed by atoms with E-state index >= 15 is 0 Å². The summed E-state index contributed by atoms with van der Waals surface area (Å²) in [7, 11) is 0. The number of benzene rings is 1. The first-order valence-corrected chi connectivity index (χ1v) is 6.57. The molecule has 0 amide bonds. The van der Waals surface area contributed by atoms with Crippen molar-refractivity contribution in [3.05, 3.63) is 29.3 Å². The zero-order valence-electron chi connectivity index (χ0n) is 11.0. The molecule has 5 heteroatoms. The molecule has 1 fully saturated rings. The van der Waals surface area contributed by atoms with E-state index in [1.165, 1.54) is 12.1 Å². The van der Waals surface area contributed by atoms with Crippen LogP contribution in [0.1, 0.15) is 30.9 Å². The SMILES string of the molecule is CC1CCN(c2ccc(CN)c(C(F)(F)F)c2)CC1. The van der Waals surface area contributed by atoms with Crippen molar-refractivity contribution in [3.63, 3.8) is 0 Å². The van der Waals surface area contributed by atoms with Gasteiger partial charge in [0.15, 0.2) is 0 Å². The normalized spacial score (nSPS) is 17.8.